The molecule has 6 nitrogen and oxygen atoms in total. The fourth-order valence-electron chi connectivity index (χ4n) is 2.86. The summed E-state index contributed by atoms with van der Waals surface area (Å²) in [4.78, 5) is 28.0. The van der Waals surface area contributed by atoms with Crippen molar-refractivity contribution in [3.63, 3.8) is 0 Å². The second-order valence-electron chi connectivity index (χ2n) is 5.98. The number of benzene rings is 1. The molecule has 1 fully saturated rings. The topological polar surface area (TPSA) is 64.7 Å². The highest BCUT2D eigenvalue weighted by Gasteiger charge is 2.27. The van der Waals surface area contributed by atoms with E-state index in [4.69, 9.17) is 11.6 Å². The van der Waals surface area contributed by atoms with Gasteiger partial charge in [0, 0.05) is 43.4 Å². The van der Waals surface area contributed by atoms with Crippen LogP contribution < -0.4 is 15.5 Å². The predicted molar refractivity (Wildman–Crippen MR) is 96.7 cm³/mol. The second-order valence-corrected chi connectivity index (χ2v) is 6.41. The summed E-state index contributed by atoms with van der Waals surface area (Å²) in [5.41, 5.74) is 2.33. The van der Waals surface area contributed by atoms with Gasteiger partial charge in [-0.25, -0.2) is 4.79 Å². The lowest BCUT2D eigenvalue weighted by atomic mass is 10.1. The molecule has 1 aromatic carbocycles. The van der Waals surface area contributed by atoms with Crippen molar-refractivity contribution in [1.29, 1.82) is 0 Å². The Morgan fingerprint density at radius 1 is 1.25 bits per heavy atom. The normalized spacial score (nSPS) is 16.6. The zero-order valence-corrected chi connectivity index (χ0v) is 15.2. The average molecular weight is 353 g/mol. The Bertz CT molecular complexity index is 600. The average Bonchev–Trinajstić information content (AvgIpc) is 2.56. The first-order valence-corrected chi connectivity index (χ1v) is 8.64. The Morgan fingerprint density at radius 2 is 1.92 bits per heavy atom. The van der Waals surface area contributed by atoms with Crippen LogP contribution in [0.1, 0.15) is 19.4 Å². The molecule has 0 saturated carbocycles. The van der Waals surface area contributed by atoms with Crippen LogP contribution in [-0.4, -0.2) is 55.6 Å². The van der Waals surface area contributed by atoms with Gasteiger partial charge in [0.1, 0.15) is 0 Å². The molecule has 2 rings (SSSR count). The molecule has 24 heavy (non-hydrogen) atoms. The number of imide groups is 1. The van der Waals surface area contributed by atoms with E-state index in [1.807, 2.05) is 32.0 Å². The van der Waals surface area contributed by atoms with Crippen molar-refractivity contribution in [2.24, 2.45) is 0 Å². The van der Waals surface area contributed by atoms with E-state index in [0.717, 1.165) is 36.9 Å². The van der Waals surface area contributed by atoms with Crippen LogP contribution in [0.25, 0.3) is 0 Å². The zero-order chi connectivity index (χ0) is 17.7. The molecule has 0 aliphatic carbocycles. The number of hydrogen-bond donors (Lipinski definition) is 2. The van der Waals surface area contributed by atoms with Gasteiger partial charge in [0.15, 0.2) is 0 Å². The largest absolute Gasteiger partial charge is 0.369 e. The molecule has 1 saturated heterocycles. The molecule has 0 radical (unpaired) electrons. The van der Waals surface area contributed by atoms with E-state index in [0.29, 0.717) is 6.54 Å². The van der Waals surface area contributed by atoms with Crippen molar-refractivity contribution in [1.82, 2.24) is 15.5 Å². The highest BCUT2D eigenvalue weighted by atomic mass is 35.5. The predicted octanol–water partition coefficient (Wildman–Crippen LogP) is 2.00. The minimum atomic E-state index is -0.442. The first kappa shape index (κ1) is 18.5. The van der Waals surface area contributed by atoms with Gasteiger partial charge in [-0.1, -0.05) is 17.7 Å². The van der Waals surface area contributed by atoms with E-state index in [2.05, 4.69) is 27.4 Å². The monoisotopic (exact) mass is 352 g/mol. The van der Waals surface area contributed by atoms with Crippen molar-refractivity contribution >= 4 is 29.2 Å². The van der Waals surface area contributed by atoms with Crippen LogP contribution in [0.2, 0.25) is 5.02 Å². The van der Waals surface area contributed by atoms with E-state index in [1.165, 1.54) is 5.56 Å². The molecule has 0 unspecified atom stereocenters. The maximum absolute atomic E-state index is 12.1. The molecule has 132 valence electrons. The summed E-state index contributed by atoms with van der Waals surface area (Å²) in [5, 5.41) is 5.67. The Morgan fingerprint density at radius 3 is 2.54 bits per heavy atom. The number of hydrogen-bond acceptors (Lipinski definition) is 4. The molecule has 0 aromatic heterocycles. The number of carbonyl (C=O) groups is 2. The molecule has 1 aliphatic heterocycles. The third kappa shape index (κ3) is 4.61. The van der Waals surface area contributed by atoms with E-state index in [-0.39, 0.29) is 11.9 Å². The molecular weight excluding hydrogens is 328 g/mol. The molecule has 3 amide bonds. The highest BCUT2D eigenvalue weighted by molar-refractivity contribution is 6.30. The van der Waals surface area contributed by atoms with Crippen LogP contribution in [0.15, 0.2) is 18.2 Å². The molecule has 0 spiro atoms. The molecule has 1 aliphatic rings. The van der Waals surface area contributed by atoms with E-state index in [1.54, 1.807) is 0 Å². The number of nitrogens with one attached hydrogen (secondary N) is 2. The van der Waals surface area contributed by atoms with Crippen molar-refractivity contribution in [2.45, 2.75) is 26.8 Å². The third-order valence-corrected chi connectivity index (χ3v) is 4.56. The number of anilines is 1. The van der Waals surface area contributed by atoms with Gasteiger partial charge in [0.25, 0.3) is 0 Å². The van der Waals surface area contributed by atoms with Crippen molar-refractivity contribution in [3.05, 3.63) is 28.8 Å². The van der Waals surface area contributed by atoms with Gasteiger partial charge < -0.3 is 10.2 Å². The molecular formula is C17H25ClN4O2. The lowest BCUT2D eigenvalue weighted by Gasteiger charge is -2.39. The van der Waals surface area contributed by atoms with Crippen LogP contribution in [0.4, 0.5) is 10.5 Å². The Labute approximate surface area is 148 Å². The van der Waals surface area contributed by atoms with Gasteiger partial charge in [-0.3, -0.25) is 15.0 Å². The number of carbonyl (C=O) groups excluding carboxylic acids is 2. The second kappa shape index (κ2) is 8.35. The van der Waals surface area contributed by atoms with Crippen LogP contribution in [-0.2, 0) is 4.79 Å². The fraction of sp³-hybridized carbons (Fsp3) is 0.529. The summed E-state index contributed by atoms with van der Waals surface area (Å²) >= 11 is 6.10. The van der Waals surface area contributed by atoms with Crippen molar-refractivity contribution in [3.8, 4) is 0 Å². The quantitative estimate of drug-likeness (QED) is 0.870. The minimum absolute atomic E-state index is 0.270. The maximum atomic E-state index is 12.1. The Balaban J connectivity index is 1.91. The van der Waals surface area contributed by atoms with Crippen molar-refractivity contribution < 1.29 is 9.59 Å². The van der Waals surface area contributed by atoms with Crippen molar-refractivity contribution in [2.75, 3.05) is 37.6 Å². The van der Waals surface area contributed by atoms with Crippen LogP contribution >= 0.6 is 11.6 Å². The SMILES string of the molecule is CCNC(=O)NC(=O)[C@H](C)N1CCN(c2cc(Cl)ccc2C)CC1. The molecule has 1 atom stereocenters. The van der Waals surface area contributed by atoms with Crippen LogP contribution in [0.3, 0.4) is 0 Å². The number of amides is 3. The van der Waals surface area contributed by atoms with Gasteiger partial charge in [-0.2, -0.15) is 0 Å². The van der Waals surface area contributed by atoms with Gasteiger partial charge in [-0.15, -0.1) is 0 Å². The Kier molecular flexibility index (Phi) is 6.45. The van der Waals surface area contributed by atoms with Gasteiger partial charge in [0.05, 0.1) is 6.04 Å². The zero-order valence-electron chi connectivity index (χ0n) is 14.4. The summed E-state index contributed by atoms with van der Waals surface area (Å²) in [6, 6.07) is 5.12. The third-order valence-electron chi connectivity index (χ3n) is 4.33. The number of halogens is 1. The van der Waals surface area contributed by atoms with Crippen LogP contribution in [0, 0.1) is 6.92 Å². The summed E-state index contributed by atoms with van der Waals surface area (Å²) in [5.74, 6) is -0.270. The standard InChI is InChI=1S/C17H25ClN4O2/c1-4-19-17(24)20-16(23)13(3)21-7-9-22(10-8-21)15-11-14(18)6-5-12(15)2/h5-6,11,13H,4,7-10H2,1-3H3,(H2,19,20,23,24)/t13-/m0/s1. The number of urea groups is 1. The van der Waals surface area contributed by atoms with Gasteiger partial charge in [-0.05, 0) is 38.5 Å². The smallest absolute Gasteiger partial charge is 0.321 e. The summed E-state index contributed by atoms with van der Waals surface area (Å²) in [7, 11) is 0. The van der Waals surface area contributed by atoms with E-state index in [9.17, 15) is 9.59 Å². The number of rotatable bonds is 4. The van der Waals surface area contributed by atoms with Gasteiger partial charge in [0.2, 0.25) is 5.91 Å². The summed E-state index contributed by atoms with van der Waals surface area (Å²) in [6.07, 6.45) is 0. The molecule has 7 heteroatoms. The number of nitrogens with zero attached hydrogens (tertiary/aromatic N) is 2. The molecule has 2 N–H and O–H groups in total. The van der Waals surface area contributed by atoms with E-state index < -0.39 is 6.03 Å². The molecule has 1 heterocycles. The lowest BCUT2D eigenvalue weighted by Crippen LogP contribution is -2.55. The highest BCUT2D eigenvalue weighted by Crippen LogP contribution is 2.25. The van der Waals surface area contributed by atoms with Gasteiger partial charge >= 0.3 is 6.03 Å². The number of aryl methyl sites for hydroxylation is 1. The maximum Gasteiger partial charge on any atom is 0.321 e. The van der Waals surface area contributed by atoms with Crippen LogP contribution in [0.5, 0.6) is 0 Å². The fourth-order valence-corrected chi connectivity index (χ4v) is 3.03. The Hall–Kier alpha value is -1.79. The first-order chi connectivity index (χ1) is 11.4. The lowest BCUT2D eigenvalue weighted by molar-refractivity contribution is -0.124. The molecule has 0 bridgehead atoms. The summed E-state index contributed by atoms with van der Waals surface area (Å²) < 4.78 is 0. The minimum Gasteiger partial charge on any atom is -0.369 e. The first-order valence-electron chi connectivity index (χ1n) is 8.26. The number of piperazine rings is 1. The van der Waals surface area contributed by atoms with E-state index >= 15 is 0 Å². The molecule has 1 aromatic rings. The summed E-state index contributed by atoms with van der Waals surface area (Å²) in [6.45, 7) is 9.36.